The second-order valence-corrected chi connectivity index (χ2v) is 4.54. The van der Waals surface area contributed by atoms with E-state index >= 15 is 0 Å². The Hall–Kier alpha value is -1.66. The summed E-state index contributed by atoms with van der Waals surface area (Å²) in [6, 6.07) is 6.85. The number of esters is 1. The van der Waals surface area contributed by atoms with Crippen molar-refractivity contribution in [3.8, 4) is 5.69 Å². The molecule has 18 heavy (non-hydrogen) atoms. The number of hydrogen-bond acceptors (Lipinski definition) is 4. The van der Waals surface area contributed by atoms with Gasteiger partial charge in [0.15, 0.2) is 6.10 Å². The van der Waals surface area contributed by atoms with Gasteiger partial charge < -0.3 is 9.84 Å². The monoisotopic (exact) mass is 310 g/mol. The third-order valence-corrected chi connectivity index (χ3v) is 2.86. The molecule has 1 atom stereocenters. The fraction of sp³-hybridized carbons (Fsp3) is 0.167. The number of carbonyl (C=O) groups is 1. The lowest BCUT2D eigenvalue weighted by Crippen LogP contribution is -2.13. The van der Waals surface area contributed by atoms with Gasteiger partial charge in [-0.25, -0.2) is 9.48 Å². The second-order valence-electron chi connectivity index (χ2n) is 3.62. The SMILES string of the molecule is COC(=O)C(O)c1ccc(-n2cc(Br)cn2)cc1. The summed E-state index contributed by atoms with van der Waals surface area (Å²) in [5.41, 5.74) is 1.32. The Bertz CT molecular complexity index is 551. The van der Waals surface area contributed by atoms with E-state index < -0.39 is 12.1 Å². The Labute approximate surface area is 112 Å². The van der Waals surface area contributed by atoms with Gasteiger partial charge in [0.1, 0.15) is 0 Å². The molecule has 0 bridgehead atoms. The molecule has 1 aromatic heterocycles. The van der Waals surface area contributed by atoms with Crippen LogP contribution in [-0.2, 0) is 9.53 Å². The predicted molar refractivity (Wildman–Crippen MR) is 68.2 cm³/mol. The average Bonchev–Trinajstić information content (AvgIpc) is 2.84. The highest BCUT2D eigenvalue weighted by atomic mass is 79.9. The van der Waals surface area contributed by atoms with Crippen molar-refractivity contribution in [1.82, 2.24) is 9.78 Å². The lowest BCUT2D eigenvalue weighted by atomic mass is 10.1. The molecular weight excluding hydrogens is 300 g/mol. The first-order valence-corrected chi connectivity index (χ1v) is 5.97. The molecule has 0 radical (unpaired) electrons. The molecule has 94 valence electrons. The van der Waals surface area contributed by atoms with Gasteiger partial charge in [-0.1, -0.05) is 12.1 Å². The maximum Gasteiger partial charge on any atom is 0.339 e. The standard InChI is InChI=1S/C12H11BrN2O3/c1-18-12(17)11(16)8-2-4-10(5-3-8)15-7-9(13)6-14-15/h2-7,11,16H,1H3. The lowest BCUT2D eigenvalue weighted by Gasteiger charge is -2.09. The van der Waals surface area contributed by atoms with Gasteiger partial charge in [-0.15, -0.1) is 0 Å². The first-order valence-electron chi connectivity index (χ1n) is 5.18. The Morgan fingerprint density at radius 3 is 2.61 bits per heavy atom. The number of aromatic nitrogens is 2. The first-order chi connectivity index (χ1) is 8.61. The summed E-state index contributed by atoms with van der Waals surface area (Å²) in [7, 11) is 1.24. The zero-order valence-corrected chi connectivity index (χ0v) is 11.2. The minimum Gasteiger partial charge on any atom is -0.467 e. The van der Waals surface area contributed by atoms with E-state index in [0.29, 0.717) is 5.56 Å². The topological polar surface area (TPSA) is 64.3 Å². The molecule has 1 heterocycles. The molecule has 2 aromatic rings. The van der Waals surface area contributed by atoms with Gasteiger partial charge in [-0.05, 0) is 33.6 Å². The molecule has 0 saturated carbocycles. The summed E-state index contributed by atoms with van der Waals surface area (Å²) < 4.78 is 7.03. The first kappa shape index (κ1) is 12.8. The van der Waals surface area contributed by atoms with Crippen LogP contribution in [0.4, 0.5) is 0 Å². The lowest BCUT2D eigenvalue weighted by molar-refractivity contribution is -0.150. The van der Waals surface area contributed by atoms with Gasteiger partial charge in [-0.2, -0.15) is 5.10 Å². The molecule has 1 N–H and O–H groups in total. The highest BCUT2D eigenvalue weighted by Crippen LogP contribution is 2.18. The molecule has 0 saturated heterocycles. The van der Waals surface area contributed by atoms with E-state index in [-0.39, 0.29) is 0 Å². The predicted octanol–water partition coefficient (Wildman–Crippen LogP) is 1.84. The number of halogens is 1. The highest BCUT2D eigenvalue weighted by Gasteiger charge is 2.17. The van der Waals surface area contributed by atoms with Crippen molar-refractivity contribution in [3.05, 3.63) is 46.7 Å². The van der Waals surface area contributed by atoms with Gasteiger partial charge in [-0.3, -0.25) is 0 Å². The van der Waals surface area contributed by atoms with Crippen molar-refractivity contribution in [2.24, 2.45) is 0 Å². The molecule has 0 amide bonds. The molecule has 6 heteroatoms. The van der Waals surface area contributed by atoms with Crippen LogP contribution >= 0.6 is 15.9 Å². The third-order valence-electron chi connectivity index (χ3n) is 2.45. The largest absolute Gasteiger partial charge is 0.467 e. The molecule has 1 aromatic carbocycles. The summed E-state index contributed by atoms with van der Waals surface area (Å²) in [6.07, 6.45) is 2.23. The number of ether oxygens (including phenoxy) is 1. The normalized spacial score (nSPS) is 12.2. The van der Waals surface area contributed by atoms with E-state index in [1.807, 2.05) is 6.20 Å². The van der Waals surface area contributed by atoms with Crippen LogP contribution in [0.25, 0.3) is 5.69 Å². The molecule has 0 aliphatic rings. The summed E-state index contributed by atoms with van der Waals surface area (Å²) in [6.45, 7) is 0. The molecule has 0 aliphatic heterocycles. The fourth-order valence-electron chi connectivity index (χ4n) is 1.50. The minimum absolute atomic E-state index is 0.483. The molecular formula is C12H11BrN2O3. The van der Waals surface area contributed by atoms with Gasteiger partial charge in [0.25, 0.3) is 0 Å². The molecule has 0 aliphatic carbocycles. The van der Waals surface area contributed by atoms with Gasteiger partial charge >= 0.3 is 5.97 Å². The van der Waals surface area contributed by atoms with Crippen LogP contribution in [0.2, 0.25) is 0 Å². The Kier molecular flexibility index (Phi) is 3.78. The number of benzene rings is 1. The minimum atomic E-state index is -1.26. The number of carbonyl (C=O) groups excluding carboxylic acids is 1. The number of aliphatic hydroxyl groups excluding tert-OH is 1. The molecule has 5 nitrogen and oxygen atoms in total. The van der Waals surface area contributed by atoms with Crippen molar-refractivity contribution in [3.63, 3.8) is 0 Å². The van der Waals surface area contributed by atoms with E-state index in [4.69, 9.17) is 0 Å². The number of aliphatic hydroxyl groups is 1. The second kappa shape index (κ2) is 5.32. The van der Waals surface area contributed by atoms with Gasteiger partial charge in [0, 0.05) is 6.20 Å². The zero-order chi connectivity index (χ0) is 13.1. The van der Waals surface area contributed by atoms with Crippen LogP contribution in [0.3, 0.4) is 0 Å². The Balaban J connectivity index is 2.22. The maximum absolute atomic E-state index is 11.2. The third kappa shape index (κ3) is 2.60. The zero-order valence-electron chi connectivity index (χ0n) is 9.58. The highest BCUT2D eigenvalue weighted by molar-refractivity contribution is 9.10. The number of methoxy groups -OCH3 is 1. The van der Waals surface area contributed by atoms with Crippen LogP contribution in [0.15, 0.2) is 41.1 Å². The Morgan fingerprint density at radius 1 is 1.44 bits per heavy atom. The van der Waals surface area contributed by atoms with Crippen LogP contribution in [0.1, 0.15) is 11.7 Å². The quantitative estimate of drug-likeness (QED) is 0.879. The summed E-state index contributed by atoms with van der Waals surface area (Å²) >= 11 is 3.31. The fourth-order valence-corrected chi connectivity index (χ4v) is 1.78. The Morgan fingerprint density at radius 2 is 2.11 bits per heavy atom. The van der Waals surface area contributed by atoms with Crippen LogP contribution in [0, 0.1) is 0 Å². The van der Waals surface area contributed by atoms with E-state index in [0.717, 1.165) is 10.2 Å². The van der Waals surface area contributed by atoms with Crippen molar-refractivity contribution in [2.45, 2.75) is 6.10 Å². The molecule has 0 fully saturated rings. The molecule has 2 rings (SSSR count). The summed E-state index contributed by atoms with van der Waals surface area (Å²) in [5, 5.41) is 13.8. The van der Waals surface area contributed by atoms with Gasteiger partial charge in [0.2, 0.25) is 0 Å². The van der Waals surface area contributed by atoms with Crippen molar-refractivity contribution in [1.29, 1.82) is 0 Å². The van der Waals surface area contributed by atoms with E-state index in [9.17, 15) is 9.90 Å². The van der Waals surface area contributed by atoms with Crippen LogP contribution in [-0.4, -0.2) is 28.0 Å². The average molecular weight is 311 g/mol. The van der Waals surface area contributed by atoms with E-state index in [1.54, 1.807) is 35.1 Å². The summed E-state index contributed by atoms with van der Waals surface area (Å²) in [4.78, 5) is 11.2. The molecule has 1 unspecified atom stereocenters. The molecule has 0 spiro atoms. The maximum atomic E-state index is 11.2. The number of hydrogen-bond donors (Lipinski definition) is 1. The van der Waals surface area contributed by atoms with Crippen molar-refractivity contribution < 1.29 is 14.6 Å². The summed E-state index contributed by atoms with van der Waals surface area (Å²) in [5.74, 6) is -0.676. The number of rotatable bonds is 3. The van der Waals surface area contributed by atoms with Crippen molar-refractivity contribution in [2.75, 3.05) is 7.11 Å². The smallest absolute Gasteiger partial charge is 0.339 e. The van der Waals surface area contributed by atoms with Crippen LogP contribution in [0.5, 0.6) is 0 Å². The van der Waals surface area contributed by atoms with E-state index in [2.05, 4.69) is 25.8 Å². The van der Waals surface area contributed by atoms with Crippen LogP contribution < -0.4 is 0 Å². The van der Waals surface area contributed by atoms with E-state index in [1.165, 1.54) is 7.11 Å². The van der Waals surface area contributed by atoms with Crippen molar-refractivity contribution >= 4 is 21.9 Å². The van der Waals surface area contributed by atoms with Gasteiger partial charge in [0.05, 0.1) is 23.5 Å². The number of nitrogens with zero attached hydrogens (tertiary/aromatic N) is 2.